The summed E-state index contributed by atoms with van der Waals surface area (Å²) < 4.78 is 0. The maximum atomic E-state index is 6.37. The van der Waals surface area contributed by atoms with Gasteiger partial charge >= 0.3 is 0 Å². The Morgan fingerprint density at radius 3 is 2.53 bits per heavy atom. The van der Waals surface area contributed by atoms with Gasteiger partial charge in [-0.05, 0) is 119 Å². The third-order valence-corrected chi connectivity index (χ3v) is 9.97. The molecular weight excluding hydrogens is 362 g/mol. The molecule has 0 aromatic heterocycles. The van der Waals surface area contributed by atoms with E-state index in [0.29, 0.717) is 16.9 Å². The molecule has 0 aromatic carbocycles. The van der Waals surface area contributed by atoms with E-state index in [1.807, 2.05) is 11.1 Å². The molecule has 6 unspecified atom stereocenters. The molecule has 0 heterocycles. The molecule has 0 bridgehead atoms. The number of nitrogens with two attached hydrogens (primary N) is 1. The van der Waals surface area contributed by atoms with Crippen molar-refractivity contribution < 1.29 is 0 Å². The van der Waals surface area contributed by atoms with Gasteiger partial charge in [0.25, 0.3) is 0 Å². The fourth-order valence-electron chi connectivity index (χ4n) is 8.31. The molecule has 0 spiro atoms. The fraction of sp³-hybridized carbons (Fsp3) is 0.793. The third kappa shape index (κ3) is 4.07. The summed E-state index contributed by atoms with van der Waals surface area (Å²) in [6, 6.07) is 0.464. The van der Waals surface area contributed by atoms with Gasteiger partial charge < -0.3 is 5.73 Å². The number of hydrogen-bond acceptors (Lipinski definition) is 1. The van der Waals surface area contributed by atoms with E-state index in [9.17, 15) is 0 Å². The van der Waals surface area contributed by atoms with Crippen LogP contribution in [0.3, 0.4) is 0 Å². The second kappa shape index (κ2) is 9.24. The number of allylic oxidation sites excluding steroid dienone is 4. The van der Waals surface area contributed by atoms with Crippen LogP contribution in [0.4, 0.5) is 0 Å². The van der Waals surface area contributed by atoms with Crippen molar-refractivity contribution >= 4 is 0 Å². The van der Waals surface area contributed by atoms with Crippen molar-refractivity contribution in [3.8, 4) is 12.8 Å². The van der Waals surface area contributed by atoms with Gasteiger partial charge in [-0.15, -0.1) is 12.8 Å². The first-order valence-electron chi connectivity index (χ1n) is 12.7. The molecular formula is C29H47N. The average molecular weight is 410 g/mol. The third-order valence-electron chi connectivity index (χ3n) is 9.97. The maximum Gasteiger partial charge on any atom is 0.00421 e. The van der Waals surface area contributed by atoms with Gasteiger partial charge in [0.1, 0.15) is 0 Å². The van der Waals surface area contributed by atoms with E-state index in [0.717, 1.165) is 23.7 Å². The normalized spacial score (nSPS) is 40.9. The molecule has 7 atom stereocenters. The van der Waals surface area contributed by atoms with E-state index >= 15 is 0 Å². The Balaban J connectivity index is 0.00000124. The lowest BCUT2D eigenvalue weighted by Gasteiger charge is -2.55. The quantitative estimate of drug-likeness (QED) is 0.374. The summed E-state index contributed by atoms with van der Waals surface area (Å²) in [5.41, 5.74) is 12.8. The summed E-state index contributed by atoms with van der Waals surface area (Å²) in [4.78, 5) is 0. The summed E-state index contributed by atoms with van der Waals surface area (Å²) in [5.74, 6) is 3.55. The van der Waals surface area contributed by atoms with Gasteiger partial charge in [-0.25, -0.2) is 0 Å². The summed E-state index contributed by atoms with van der Waals surface area (Å²) in [7, 11) is 0. The van der Waals surface area contributed by atoms with Crippen molar-refractivity contribution in [1.82, 2.24) is 0 Å². The van der Waals surface area contributed by atoms with Crippen molar-refractivity contribution in [3.63, 3.8) is 0 Å². The first kappa shape index (κ1) is 23.7. The van der Waals surface area contributed by atoms with Crippen molar-refractivity contribution in [2.45, 2.75) is 111 Å². The lowest BCUT2D eigenvalue weighted by atomic mass is 9.50. The van der Waals surface area contributed by atoms with E-state index in [1.165, 1.54) is 76.2 Å². The van der Waals surface area contributed by atoms with Gasteiger partial charge in [-0.3, -0.25) is 0 Å². The molecule has 4 rings (SSSR count). The molecule has 2 saturated carbocycles. The second-order valence-electron chi connectivity index (χ2n) is 11.8. The number of fused-ring (bicyclic) bond motifs is 4. The van der Waals surface area contributed by atoms with Gasteiger partial charge in [-0.2, -0.15) is 0 Å². The van der Waals surface area contributed by atoms with Crippen LogP contribution in [0.1, 0.15) is 105 Å². The van der Waals surface area contributed by atoms with Crippen LogP contribution >= 0.6 is 0 Å². The predicted octanol–water partition coefficient (Wildman–Crippen LogP) is 7.67. The summed E-state index contributed by atoms with van der Waals surface area (Å²) >= 11 is 0. The Labute approximate surface area is 187 Å². The Bertz CT molecular complexity index is 692. The molecule has 0 saturated heterocycles. The van der Waals surface area contributed by atoms with Crippen LogP contribution in [0, 0.1) is 47.3 Å². The van der Waals surface area contributed by atoms with Crippen molar-refractivity contribution in [1.29, 1.82) is 0 Å². The van der Waals surface area contributed by atoms with Gasteiger partial charge in [0, 0.05) is 6.04 Å². The summed E-state index contributed by atoms with van der Waals surface area (Å²) in [6.45, 7) is 12.3. The first-order valence-corrected chi connectivity index (χ1v) is 12.7. The minimum Gasteiger partial charge on any atom is -0.328 e. The Hall–Kier alpha value is -1.00. The van der Waals surface area contributed by atoms with Gasteiger partial charge in [0.05, 0.1) is 0 Å². The second-order valence-corrected chi connectivity index (χ2v) is 11.8. The zero-order chi connectivity index (χ0) is 22.1. The zero-order valence-electron chi connectivity index (χ0n) is 20.5. The van der Waals surface area contributed by atoms with Gasteiger partial charge in [-0.1, -0.05) is 43.6 Å². The molecule has 2 N–H and O–H groups in total. The number of terminal acetylenes is 1. The van der Waals surface area contributed by atoms with E-state index in [-0.39, 0.29) is 0 Å². The lowest BCUT2D eigenvalue weighted by molar-refractivity contribution is 0.0628. The Kier molecular flexibility index (Phi) is 7.29. The van der Waals surface area contributed by atoms with E-state index < -0.39 is 0 Å². The van der Waals surface area contributed by atoms with E-state index in [4.69, 9.17) is 5.73 Å². The summed E-state index contributed by atoms with van der Waals surface area (Å²) in [6.07, 6.45) is 25.5. The van der Waals surface area contributed by atoms with Crippen LogP contribution in [-0.4, -0.2) is 6.04 Å². The van der Waals surface area contributed by atoms with Gasteiger partial charge in [0.2, 0.25) is 0 Å². The summed E-state index contributed by atoms with van der Waals surface area (Å²) in [5, 5.41) is 0. The highest BCUT2D eigenvalue weighted by atomic mass is 14.7. The molecule has 168 valence electrons. The minimum absolute atomic E-state index is 0.464. The lowest BCUT2D eigenvalue weighted by Crippen LogP contribution is -2.47. The zero-order valence-corrected chi connectivity index (χ0v) is 20.5. The molecule has 30 heavy (non-hydrogen) atoms. The SMILES string of the molecule is C#C.CC(C)=CCC[C@@H](C)C1CCC2C3=C(CCC21C)C1(C)CCC(N)CC1CC3. The average Bonchev–Trinajstić information content (AvgIpc) is 3.07. The molecule has 1 nitrogen and oxygen atoms in total. The first-order chi connectivity index (χ1) is 14.3. The maximum absolute atomic E-state index is 6.37. The molecule has 4 aliphatic rings. The van der Waals surface area contributed by atoms with Crippen LogP contribution in [-0.2, 0) is 0 Å². The van der Waals surface area contributed by atoms with Crippen LogP contribution in [0.5, 0.6) is 0 Å². The molecule has 0 aliphatic heterocycles. The van der Waals surface area contributed by atoms with Crippen molar-refractivity contribution in [3.05, 3.63) is 22.8 Å². The molecule has 4 aliphatic carbocycles. The van der Waals surface area contributed by atoms with Crippen LogP contribution in [0.15, 0.2) is 22.8 Å². The number of rotatable bonds is 4. The number of hydrogen-bond donors (Lipinski definition) is 1. The molecule has 2 fully saturated rings. The highest BCUT2D eigenvalue weighted by Crippen LogP contribution is 2.65. The van der Waals surface area contributed by atoms with E-state index in [1.54, 1.807) is 0 Å². The van der Waals surface area contributed by atoms with Gasteiger partial charge in [0.15, 0.2) is 0 Å². The molecule has 1 heteroatoms. The van der Waals surface area contributed by atoms with Crippen LogP contribution < -0.4 is 5.73 Å². The van der Waals surface area contributed by atoms with E-state index in [2.05, 4.69) is 53.5 Å². The largest absolute Gasteiger partial charge is 0.328 e. The van der Waals surface area contributed by atoms with Crippen LogP contribution in [0.25, 0.3) is 0 Å². The Morgan fingerprint density at radius 1 is 1.10 bits per heavy atom. The molecule has 0 amide bonds. The van der Waals surface area contributed by atoms with Crippen molar-refractivity contribution in [2.24, 2.45) is 40.2 Å². The smallest absolute Gasteiger partial charge is 0.00421 e. The Morgan fingerprint density at radius 2 is 1.83 bits per heavy atom. The topological polar surface area (TPSA) is 26.0 Å². The molecule has 0 radical (unpaired) electrons. The highest BCUT2D eigenvalue weighted by Gasteiger charge is 2.55. The highest BCUT2D eigenvalue weighted by molar-refractivity contribution is 5.34. The van der Waals surface area contributed by atoms with Crippen LogP contribution in [0.2, 0.25) is 0 Å². The fourth-order valence-corrected chi connectivity index (χ4v) is 8.31. The molecule has 0 aromatic rings. The van der Waals surface area contributed by atoms with Crippen molar-refractivity contribution in [2.75, 3.05) is 0 Å². The standard InChI is InChI=1S/C27H45N.C2H2/c1-18(2)7-6-8-19(3)23-11-12-24-22-10-9-20-17-21(28)13-15-26(20,4)25(22)14-16-27(23,24)5;1-2/h7,19-21,23-24H,6,8-17,28H2,1-5H3;1-2H/t19-,20?,21?,23?,24?,26?,27?;/m1./s1. The minimum atomic E-state index is 0.464. The monoisotopic (exact) mass is 409 g/mol. The predicted molar refractivity (Wildman–Crippen MR) is 131 cm³/mol.